The normalized spacial score (nSPS) is 10.6. The fraction of sp³-hybridized carbons (Fsp3) is 0.409. The van der Waals surface area contributed by atoms with Gasteiger partial charge in [-0.1, -0.05) is 49.7 Å². The van der Waals surface area contributed by atoms with E-state index in [0.29, 0.717) is 13.0 Å². The van der Waals surface area contributed by atoms with Gasteiger partial charge in [0.25, 0.3) is 0 Å². The van der Waals surface area contributed by atoms with E-state index in [9.17, 15) is 4.79 Å². The highest BCUT2D eigenvalue weighted by molar-refractivity contribution is 5.78. The van der Waals surface area contributed by atoms with Crippen molar-refractivity contribution in [2.45, 2.75) is 39.2 Å². The van der Waals surface area contributed by atoms with E-state index in [1.807, 2.05) is 21.1 Å². The lowest BCUT2D eigenvalue weighted by molar-refractivity contribution is -0.129. The molecule has 1 amide bonds. The van der Waals surface area contributed by atoms with E-state index in [1.54, 1.807) is 4.90 Å². The third-order valence-electron chi connectivity index (χ3n) is 4.50. The summed E-state index contributed by atoms with van der Waals surface area (Å²) in [5.41, 5.74) is 4.75. The monoisotopic (exact) mass is 338 g/mol. The Balaban J connectivity index is 1.89. The summed E-state index contributed by atoms with van der Waals surface area (Å²) in [7, 11) is 5.92. The van der Waals surface area contributed by atoms with Crippen molar-refractivity contribution in [1.82, 2.24) is 4.90 Å². The van der Waals surface area contributed by atoms with Gasteiger partial charge in [-0.3, -0.25) is 4.79 Å². The molecule has 0 heterocycles. The fourth-order valence-electron chi connectivity index (χ4n) is 2.78. The first kappa shape index (κ1) is 19.0. The minimum Gasteiger partial charge on any atom is -0.378 e. The lowest BCUT2D eigenvalue weighted by Crippen LogP contribution is -2.27. The topological polar surface area (TPSA) is 23.6 Å². The van der Waals surface area contributed by atoms with Crippen LogP contribution in [0.5, 0.6) is 0 Å². The van der Waals surface area contributed by atoms with E-state index in [1.165, 1.54) is 24.1 Å². The summed E-state index contributed by atoms with van der Waals surface area (Å²) in [4.78, 5) is 16.3. The smallest absolute Gasteiger partial charge is 0.227 e. The third-order valence-corrected chi connectivity index (χ3v) is 4.50. The van der Waals surface area contributed by atoms with Crippen LogP contribution in [0.4, 0.5) is 5.69 Å². The zero-order chi connectivity index (χ0) is 18.2. The van der Waals surface area contributed by atoms with Crippen molar-refractivity contribution >= 4 is 11.6 Å². The summed E-state index contributed by atoms with van der Waals surface area (Å²) in [5.74, 6) is 0.151. The van der Waals surface area contributed by atoms with E-state index < -0.39 is 0 Å². The van der Waals surface area contributed by atoms with Crippen LogP contribution in [-0.4, -0.2) is 32.0 Å². The standard InChI is InChI=1S/C22H30N2O/c1-5-6-7-18-8-10-19(11-9-18)16-22(25)24(4)17-20-12-14-21(15-13-20)23(2)3/h8-15H,5-7,16-17H2,1-4H3. The lowest BCUT2D eigenvalue weighted by Gasteiger charge is -2.18. The maximum atomic E-state index is 12.5. The highest BCUT2D eigenvalue weighted by atomic mass is 16.2. The highest BCUT2D eigenvalue weighted by Gasteiger charge is 2.10. The van der Waals surface area contributed by atoms with Gasteiger partial charge in [-0.2, -0.15) is 0 Å². The highest BCUT2D eigenvalue weighted by Crippen LogP contribution is 2.14. The molecule has 0 N–H and O–H groups in total. The van der Waals surface area contributed by atoms with Crippen LogP contribution in [0.25, 0.3) is 0 Å². The second kappa shape index (κ2) is 9.26. The molecule has 25 heavy (non-hydrogen) atoms. The molecule has 0 saturated heterocycles. The number of carbonyl (C=O) groups excluding carboxylic acids is 1. The Bertz CT molecular complexity index is 659. The van der Waals surface area contributed by atoms with E-state index in [0.717, 1.165) is 17.5 Å². The van der Waals surface area contributed by atoms with Crippen LogP contribution in [0.1, 0.15) is 36.5 Å². The largest absolute Gasteiger partial charge is 0.378 e. The van der Waals surface area contributed by atoms with Crippen molar-refractivity contribution in [3.63, 3.8) is 0 Å². The van der Waals surface area contributed by atoms with Gasteiger partial charge < -0.3 is 9.80 Å². The van der Waals surface area contributed by atoms with Gasteiger partial charge in [0.15, 0.2) is 0 Å². The number of carbonyl (C=O) groups is 1. The van der Waals surface area contributed by atoms with Gasteiger partial charge in [0, 0.05) is 33.4 Å². The molecule has 2 aromatic rings. The van der Waals surface area contributed by atoms with Gasteiger partial charge >= 0.3 is 0 Å². The van der Waals surface area contributed by atoms with Crippen molar-refractivity contribution in [2.24, 2.45) is 0 Å². The number of nitrogens with zero attached hydrogens (tertiary/aromatic N) is 2. The van der Waals surface area contributed by atoms with Crippen LogP contribution < -0.4 is 4.90 Å². The number of unbranched alkanes of at least 4 members (excludes halogenated alkanes) is 1. The number of hydrogen-bond acceptors (Lipinski definition) is 2. The number of likely N-dealkylation sites (N-methyl/N-ethyl adjacent to an activating group) is 1. The molecule has 2 aromatic carbocycles. The summed E-state index contributed by atoms with van der Waals surface area (Å²) in [6.07, 6.45) is 4.00. The van der Waals surface area contributed by atoms with Gasteiger partial charge in [0.1, 0.15) is 0 Å². The van der Waals surface area contributed by atoms with Crippen LogP contribution >= 0.6 is 0 Å². The number of aryl methyl sites for hydroxylation is 1. The SMILES string of the molecule is CCCCc1ccc(CC(=O)N(C)Cc2ccc(N(C)C)cc2)cc1. The summed E-state index contributed by atoms with van der Waals surface area (Å²) >= 11 is 0. The van der Waals surface area contributed by atoms with Crippen LogP contribution in [-0.2, 0) is 24.2 Å². The number of benzene rings is 2. The zero-order valence-corrected chi connectivity index (χ0v) is 16.0. The first-order valence-corrected chi connectivity index (χ1v) is 9.07. The van der Waals surface area contributed by atoms with Crippen molar-refractivity contribution in [1.29, 1.82) is 0 Å². The molecule has 3 heteroatoms. The van der Waals surface area contributed by atoms with Crippen LogP contribution in [0.3, 0.4) is 0 Å². The van der Waals surface area contributed by atoms with Crippen molar-refractivity contribution in [2.75, 3.05) is 26.0 Å². The zero-order valence-electron chi connectivity index (χ0n) is 16.0. The number of amides is 1. The molecule has 0 spiro atoms. The Hall–Kier alpha value is -2.29. The summed E-state index contributed by atoms with van der Waals surface area (Å²) in [6, 6.07) is 16.8. The number of anilines is 1. The van der Waals surface area contributed by atoms with Gasteiger partial charge in [-0.15, -0.1) is 0 Å². The van der Waals surface area contributed by atoms with Gasteiger partial charge in [-0.05, 0) is 41.7 Å². The maximum absolute atomic E-state index is 12.5. The molecule has 3 nitrogen and oxygen atoms in total. The summed E-state index contributed by atoms with van der Waals surface area (Å²) in [6.45, 7) is 2.85. The molecule has 0 atom stereocenters. The molecule has 0 bridgehead atoms. The Labute approximate surface area is 152 Å². The van der Waals surface area contributed by atoms with Gasteiger partial charge in [0.2, 0.25) is 5.91 Å². The minimum absolute atomic E-state index is 0.151. The number of rotatable bonds is 8. The van der Waals surface area contributed by atoms with Crippen LogP contribution in [0.15, 0.2) is 48.5 Å². The molecule has 0 radical (unpaired) electrons. The molecule has 0 aliphatic heterocycles. The molecule has 134 valence electrons. The lowest BCUT2D eigenvalue weighted by atomic mass is 10.0. The third kappa shape index (κ3) is 5.93. The van der Waals surface area contributed by atoms with Crippen LogP contribution in [0.2, 0.25) is 0 Å². The first-order chi connectivity index (χ1) is 12.0. The first-order valence-electron chi connectivity index (χ1n) is 9.07. The molecule has 0 unspecified atom stereocenters. The van der Waals surface area contributed by atoms with E-state index in [4.69, 9.17) is 0 Å². The molecular formula is C22H30N2O. The van der Waals surface area contributed by atoms with Crippen molar-refractivity contribution in [3.05, 3.63) is 65.2 Å². The molecule has 0 saturated carbocycles. The summed E-state index contributed by atoms with van der Waals surface area (Å²) in [5, 5.41) is 0. The Morgan fingerprint density at radius 3 is 1.96 bits per heavy atom. The van der Waals surface area contributed by atoms with Crippen molar-refractivity contribution < 1.29 is 4.79 Å². The second-order valence-electron chi connectivity index (χ2n) is 6.91. The predicted molar refractivity (Wildman–Crippen MR) is 106 cm³/mol. The Morgan fingerprint density at radius 1 is 0.840 bits per heavy atom. The summed E-state index contributed by atoms with van der Waals surface area (Å²) < 4.78 is 0. The Morgan fingerprint density at radius 2 is 1.40 bits per heavy atom. The minimum atomic E-state index is 0.151. The molecule has 0 fully saturated rings. The van der Waals surface area contributed by atoms with Crippen molar-refractivity contribution in [3.8, 4) is 0 Å². The number of hydrogen-bond donors (Lipinski definition) is 0. The predicted octanol–water partition coefficient (Wildman–Crippen LogP) is 4.30. The van der Waals surface area contributed by atoms with E-state index in [2.05, 4.69) is 60.4 Å². The van der Waals surface area contributed by atoms with Gasteiger partial charge in [0.05, 0.1) is 6.42 Å². The van der Waals surface area contributed by atoms with Crippen LogP contribution in [0, 0.1) is 0 Å². The molecule has 0 aliphatic carbocycles. The molecule has 0 aliphatic rings. The Kier molecular flexibility index (Phi) is 7.05. The van der Waals surface area contributed by atoms with E-state index in [-0.39, 0.29) is 5.91 Å². The second-order valence-corrected chi connectivity index (χ2v) is 6.91. The quantitative estimate of drug-likeness (QED) is 0.716. The maximum Gasteiger partial charge on any atom is 0.227 e. The van der Waals surface area contributed by atoms with E-state index >= 15 is 0 Å². The van der Waals surface area contributed by atoms with Gasteiger partial charge in [-0.25, -0.2) is 0 Å². The average Bonchev–Trinajstić information content (AvgIpc) is 2.61. The molecule has 0 aromatic heterocycles. The molecule has 2 rings (SSSR count). The molecular weight excluding hydrogens is 308 g/mol. The average molecular weight is 338 g/mol. The fourth-order valence-corrected chi connectivity index (χ4v) is 2.78.